The molecule has 2 rings (SSSR count). The molecule has 0 saturated carbocycles. The average molecular weight is 290 g/mol. The topological polar surface area (TPSA) is 59.0 Å². The third-order valence-electron chi connectivity index (χ3n) is 3.39. The fourth-order valence-electron chi connectivity index (χ4n) is 2.13. The number of aryl methyl sites for hydroxylation is 2. The first-order valence-electron chi connectivity index (χ1n) is 6.73. The summed E-state index contributed by atoms with van der Waals surface area (Å²) in [4.78, 5) is 11.8. The molecule has 5 nitrogen and oxygen atoms in total. The number of benzene rings is 1. The largest absolute Gasteiger partial charge is 0.322 e. The molecule has 0 unspecified atom stereocenters. The molecule has 0 fully saturated rings. The lowest BCUT2D eigenvalue weighted by molar-refractivity contribution is -0.115. The van der Waals surface area contributed by atoms with Gasteiger partial charge in [-0.25, -0.2) is 4.39 Å². The Balaban J connectivity index is 1.86. The summed E-state index contributed by atoms with van der Waals surface area (Å²) < 4.78 is 15.2. The molecule has 21 heavy (non-hydrogen) atoms. The van der Waals surface area contributed by atoms with Gasteiger partial charge in [-0.05, 0) is 26.0 Å². The van der Waals surface area contributed by atoms with E-state index < -0.39 is 5.82 Å². The van der Waals surface area contributed by atoms with Gasteiger partial charge in [0.05, 0.1) is 17.9 Å². The Hall–Kier alpha value is -2.21. The molecule has 0 aliphatic carbocycles. The maximum atomic E-state index is 13.4. The highest BCUT2D eigenvalue weighted by Crippen LogP contribution is 2.12. The van der Waals surface area contributed by atoms with Crippen LogP contribution in [0.3, 0.4) is 0 Å². The minimum atomic E-state index is -0.440. The van der Waals surface area contributed by atoms with Crippen molar-refractivity contribution in [2.24, 2.45) is 7.05 Å². The number of para-hydroxylation sites is 1. The Morgan fingerprint density at radius 3 is 2.67 bits per heavy atom. The summed E-state index contributed by atoms with van der Waals surface area (Å²) in [5.74, 6) is -0.718. The lowest BCUT2D eigenvalue weighted by atomic mass is 10.2. The summed E-state index contributed by atoms with van der Waals surface area (Å²) in [5.41, 5.74) is 3.28. The number of nitrogens with zero attached hydrogens (tertiary/aromatic N) is 2. The quantitative estimate of drug-likeness (QED) is 0.884. The first-order valence-corrected chi connectivity index (χ1v) is 6.73. The summed E-state index contributed by atoms with van der Waals surface area (Å²) in [6.45, 7) is 4.58. The van der Waals surface area contributed by atoms with Crippen LogP contribution in [0.2, 0.25) is 0 Å². The van der Waals surface area contributed by atoms with E-state index in [-0.39, 0.29) is 18.1 Å². The number of carbonyl (C=O) groups is 1. The van der Waals surface area contributed by atoms with Crippen LogP contribution in [0.25, 0.3) is 0 Å². The van der Waals surface area contributed by atoms with Crippen LogP contribution in [0.15, 0.2) is 24.3 Å². The Labute approximate surface area is 123 Å². The van der Waals surface area contributed by atoms with Gasteiger partial charge < -0.3 is 10.6 Å². The van der Waals surface area contributed by atoms with Gasteiger partial charge in [0.25, 0.3) is 0 Å². The number of nitrogens with one attached hydrogen (secondary N) is 2. The number of anilines is 1. The standard InChI is InChI=1S/C15H19FN4O/c1-10-12(11(2)20(3)19-10)8-17-9-15(21)18-14-7-5-4-6-13(14)16/h4-7,17H,8-9H2,1-3H3,(H,18,21). The molecule has 2 N–H and O–H groups in total. The molecular formula is C15H19FN4O. The van der Waals surface area contributed by atoms with Gasteiger partial charge in [-0.15, -0.1) is 0 Å². The van der Waals surface area contributed by atoms with E-state index in [0.717, 1.165) is 17.0 Å². The van der Waals surface area contributed by atoms with Crippen molar-refractivity contribution in [1.29, 1.82) is 0 Å². The molecule has 112 valence electrons. The van der Waals surface area contributed by atoms with Crippen molar-refractivity contribution in [2.75, 3.05) is 11.9 Å². The fourth-order valence-corrected chi connectivity index (χ4v) is 2.13. The second kappa shape index (κ2) is 6.49. The van der Waals surface area contributed by atoms with Crippen molar-refractivity contribution in [3.8, 4) is 0 Å². The van der Waals surface area contributed by atoms with Gasteiger partial charge in [-0.3, -0.25) is 9.48 Å². The van der Waals surface area contributed by atoms with Gasteiger partial charge in [-0.2, -0.15) is 5.10 Å². The zero-order valence-electron chi connectivity index (χ0n) is 12.4. The molecule has 1 heterocycles. The third kappa shape index (κ3) is 3.66. The lowest BCUT2D eigenvalue weighted by Crippen LogP contribution is -2.28. The van der Waals surface area contributed by atoms with Crippen LogP contribution in [0.4, 0.5) is 10.1 Å². The molecule has 0 atom stereocenters. The van der Waals surface area contributed by atoms with Gasteiger partial charge in [0.2, 0.25) is 5.91 Å². The minimum absolute atomic E-state index is 0.113. The van der Waals surface area contributed by atoms with E-state index in [1.807, 2.05) is 25.6 Å². The minimum Gasteiger partial charge on any atom is -0.322 e. The second-order valence-corrected chi connectivity index (χ2v) is 4.90. The second-order valence-electron chi connectivity index (χ2n) is 4.90. The van der Waals surface area contributed by atoms with Crippen molar-refractivity contribution < 1.29 is 9.18 Å². The Kier molecular flexibility index (Phi) is 4.70. The summed E-state index contributed by atoms with van der Waals surface area (Å²) in [6, 6.07) is 6.10. The van der Waals surface area contributed by atoms with Gasteiger partial charge in [-0.1, -0.05) is 12.1 Å². The molecule has 0 aliphatic heterocycles. The molecule has 0 aliphatic rings. The summed E-state index contributed by atoms with van der Waals surface area (Å²) >= 11 is 0. The van der Waals surface area contributed by atoms with Crippen LogP contribution >= 0.6 is 0 Å². The lowest BCUT2D eigenvalue weighted by Gasteiger charge is -2.08. The van der Waals surface area contributed by atoms with E-state index in [2.05, 4.69) is 15.7 Å². The molecule has 0 saturated heterocycles. The van der Waals surface area contributed by atoms with Crippen LogP contribution in [-0.4, -0.2) is 22.2 Å². The number of rotatable bonds is 5. The maximum absolute atomic E-state index is 13.4. The van der Waals surface area contributed by atoms with Crippen LogP contribution in [0, 0.1) is 19.7 Å². The van der Waals surface area contributed by atoms with Crippen molar-refractivity contribution in [3.05, 3.63) is 47.0 Å². The molecule has 0 radical (unpaired) electrons. The van der Waals surface area contributed by atoms with Crippen molar-refractivity contribution in [1.82, 2.24) is 15.1 Å². The van der Waals surface area contributed by atoms with Crippen molar-refractivity contribution in [2.45, 2.75) is 20.4 Å². The molecule has 2 aromatic rings. The zero-order chi connectivity index (χ0) is 15.4. The monoisotopic (exact) mass is 290 g/mol. The molecule has 0 bridgehead atoms. The third-order valence-corrected chi connectivity index (χ3v) is 3.39. The first kappa shape index (κ1) is 15.2. The van der Waals surface area contributed by atoms with Crippen LogP contribution < -0.4 is 10.6 Å². The zero-order valence-corrected chi connectivity index (χ0v) is 12.4. The predicted molar refractivity (Wildman–Crippen MR) is 79.4 cm³/mol. The Morgan fingerprint density at radius 1 is 1.33 bits per heavy atom. The highest BCUT2D eigenvalue weighted by atomic mass is 19.1. The number of hydrogen-bond donors (Lipinski definition) is 2. The van der Waals surface area contributed by atoms with Gasteiger partial charge >= 0.3 is 0 Å². The average Bonchev–Trinajstić information content (AvgIpc) is 2.68. The van der Waals surface area contributed by atoms with E-state index >= 15 is 0 Å². The Bertz CT molecular complexity index is 651. The molecule has 1 aromatic carbocycles. The molecule has 6 heteroatoms. The van der Waals surface area contributed by atoms with Crippen LogP contribution in [0.1, 0.15) is 17.0 Å². The van der Waals surface area contributed by atoms with E-state index in [4.69, 9.17) is 0 Å². The number of halogens is 1. The molecule has 1 amide bonds. The normalized spacial score (nSPS) is 10.7. The fraction of sp³-hybridized carbons (Fsp3) is 0.333. The SMILES string of the molecule is Cc1nn(C)c(C)c1CNCC(=O)Nc1ccccc1F. The van der Waals surface area contributed by atoms with Crippen LogP contribution in [-0.2, 0) is 18.4 Å². The van der Waals surface area contributed by atoms with Gasteiger partial charge in [0.15, 0.2) is 0 Å². The molecule has 1 aromatic heterocycles. The van der Waals surface area contributed by atoms with Gasteiger partial charge in [0.1, 0.15) is 5.82 Å². The van der Waals surface area contributed by atoms with Crippen molar-refractivity contribution >= 4 is 11.6 Å². The maximum Gasteiger partial charge on any atom is 0.238 e. The van der Waals surface area contributed by atoms with E-state index in [1.165, 1.54) is 12.1 Å². The summed E-state index contributed by atoms with van der Waals surface area (Å²) in [6.07, 6.45) is 0. The van der Waals surface area contributed by atoms with Crippen molar-refractivity contribution in [3.63, 3.8) is 0 Å². The van der Waals surface area contributed by atoms with Gasteiger partial charge in [0, 0.05) is 24.8 Å². The summed E-state index contributed by atoms with van der Waals surface area (Å²) in [5, 5.41) is 9.90. The van der Waals surface area contributed by atoms with Crippen LogP contribution in [0.5, 0.6) is 0 Å². The number of aromatic nitrogens is 2. The number of amides is 1. The molecule has 0 spiro atoms. The number of carbonyl (C=O) groups excluding carboxylic acids is 1. The smallest absolute Gasteiger partial charge is 0.238 e. The van der Waals surface area contributed by atoms with E-state index in [9.17, 15) is 9.18 Å². The summed E-state index contributed by atoms with van der Waals surface area (Å²) in [7, 11) is 1.89. The van der Waals surface area contributed by atoms with E-state index in [0.29, 0.717) is 6.54 Å². The number of hydrogen-bond acceptors (Lipinski definition) is 3. The van der Waals surface area contributed by atoms with E-state index in [1.54, 1.807) is 12.1 Å². The molecular weight excluding hydrogens is 271 g/mol. The highest BCUT2D eigenvalue weighted by Gasteiger charge is 2.10. The first-order chi connectivity index (χ1) is 9.99. The highest BCUT2D eigenvalue weighted by molar-refractivity contribution is 5.92. The predicted octanol–water partition coefficient (Wildman–Crippen LogP) is 1.90. The Morgan fingerprint density at radius 2 is 2.05 bits per heavy atom.